The molecule has 2 aromatic rings. The van der Waals surface area contributed by atoms with Crippen molar-refractivity contribution in [2.24, 2.45) is 5.92 Å². The van der Waals surface area contributed by atoms with Crippen molar-refractivity contribution in [3.63, 3.8) is 0 Å². The van der Waals surface area contributed by atoms with Crippen molar-refractivity contribution in [3.05, 3.63) is 33.5 Å². The van der Waals surface area contributed by atoms with E-state index < -0.39 is 21.9 Å². The number of ether oxygens (including phenoxy) is 1. The smallest absolute Gasteiger partial charge is 0.341 e. The Morgan fingerprint density at radius 3 is 2.81 bits per heavy atom. The lowest BCUT2D eigenvalue weighted by atomic mass is 9.95. The molecule has 0 unspecified atom stereocenters. The number of nitrogens with zero attached hydrogens (tertiary/aromatic N) is 1. The van der Waals surface area contributed by atoms with Gasteiger partial charge in [-0.15, -0.1) is 22.7 Å². The summed E-state index contributed by atoms with van der Waals surface area (Å²) in [6, 6.07) is 3.30. The van der Waals surface area contributed by atoms with E-state index in [0.717, 1.165) is 36.1 Å². The van der Waals surface area contributed by atoms with Crippen LogP contribution in [0.4, 0.5) is 5.00 Å². The predicted octanol–water partition coefficient (Wildman–Crippen LogP) is 3.90. The molecule has 1 N–H and O–H groups in total. The molecule has 0 saturated carbocycles. The molecule has 1 aliphatic carbocycles. The topological polar surface area (TPSA) is 92.8 Å². The fourth-order valence-corrected chi connectivity index (χ4v) is 8.15. The second-order valence-electron chi connectivity index (χ2n) is 7.76. The van der Waals surface area contributed by atoms with Gasteiger partial charge in [0.2, 0.25) is 5.91 Å². The first kappa shape index (κ1) is 22.4. The average Bonchev–Trinajstić information content (AvgIpc) is 3.42. The molecule has 1 atom stereocenters. The first-order valence-electron chi connectivity index (χ1n) is 10.6. The molecule has 1 aliphatic heterocycles. The van der Waals surface area contributed by atoms with Crippen LogP contribution in [0.25, 0.3) is 0 Å². The number of carbonyl (C=O) groups is 2. The fraction of sp³-hybridized carbons (Fsp3) is 0.524. The number of piperidine rings is 1. The van der Waals surface area contributed by atoms with E-state index in [1.54, 1.807) is 24.4 Å². The minimum Gasteiger partial charge on any atom is -0.462 e. The third-order valence-electron chi connectivity index (χ3n) is 5.73. The summed E-state index contributed by atoms with van der Waals surface area (Å²) in [5.74, 6) is -1.10. The van der Waals surface area contributed by atoms with E-state index in [9.17, 15) is 18.0 Å². The second kappa shape index (κ2) is 9.40. The summed E-state index contributed by atoms with van der Waals surface area (Å²) in [5, 5.41) is 5.21. The largest absolute Gasteiger partial charge is 0.462 e. The number of hydrogen-bond acceptors (Lipinski definition) is 7. The molecule has 0 spiro atoms. The molecule has 1 saturated heterocycles. The Bertz CT molecular complexity index is 1060. The van der Waals surface area contributed by atoms with Gasteiger partial charge in [0.05, 0.1) is 18.1 Å². The first-order chi connectivity index (χ1) is 14.9. The Morgan fingerprint density at radius 2 is 2.06 bits per heavy atom. The maximum absolute atomic E-state index is 13.1. The molecular weight excluding hydrogens is 456 g/mol. The Kier molecular flexibility index (Phi) is 6.80. The highest BCUT2D eigenvalue weighted by molar-refractivity contribution is 7.91. The maximum atomic E-state index is 13.1. The molecule has 0 bridgehead atoms. The monoisotopic (exact) mass is 482 g/mol. The fourth-order valence-electron chi connectivity index (χ4n) is 4.20. The first-order valence-corrected chi connectivity index (χ1v) is 13.7. The number of rotatable bonds is 6. The molecule has 1 fully saturated rings. The van der Waals surface area contributed by atoms with Crippen molar-refractivity contribution in [3.8, 4) is 0 Å². The van der Waals surface area contributed by atoms with Gasteiger partial charge in [-0.2, -0.15) is 4.31 Å². The van der Waals surface area contributed by atoms with Crippen molar-refractivity contribution in [1.29, 1.82) is 0 Å². The van der Waals surface area contributed by atoms with E-state index in [4.69, 9.17) is 4.74 Å². The molecule has 10 heteroatoms. The Hall–Kier alpha value is -1.75. The van der Waals surface area contributed by atoms with Crippen LogP contribution in [-0.4, -0.2) is 44.3 Å². The van der Waals surface area contributed by atoms with Gasteiger partial charge in [-0.3, -0.25) is 4.79 Å². The van der Waals surface area contributed by atoms with Gasteiger partial charge in [-0.25, -0.2) is 13.2 Å². The summed E-state index contributed by atoms with van der Waals surface area (Å²) in [6.07, 6.45) is 5.03. The maximum Gasteiger partial charge on any atom is 0.341 e. The second-order valence-corrected chi connectivity index (χ2v) is 12.0. The number of thiophene rings is 2. The minimum absolute atomic E-state index is 0.145. The zero-order valence-electron chi connectivity index (χ0n) is 17.4. The number of fused-ring (bicyclic) bond motifs is 1. The number of amides is 1. The van der Waals surface area contributed by atoms with E-state index in [2.05, 4.69) is 5.32 Å². The van der Waals surface area contributed by atoms with Crippen LogP contribution in [-0.2, 0) is 32.4 Å². The lowest BCUT2D eigenvalue weighted by Gasteiger charge is -2.30. The van der Waals surface area contributed by atoms with Crippen LogP contribution >= 0.6 is 22.7 Å². The molecule has 0 radical (unpaired) electrons. The van der Waals surface area contributed by atoms with Gasteiger partial charge >= 0.3 is 5.97 Å². The Balaban J connectivity index is 1.53. The average molecular weight is 483 g/mol. The van der Waals surface area contributed by atoms with Crippen LogP contribution < -0.4 is 5.32 Å². The Labute approximate surface area is 190 Å². The molecule has 3 heterocycles. The summed E-state index contributed by atoms with van der Waals surface area (Å²) < 4.78 is 32.7. The van der Waals surface area contributed by atoms with E-state index in [-0.39, 0.29) is 19.1 Å². The number of hydrogen-bond donors (Lipinski definition) is 1. The molecule has 2 aromatic heterocycles. The normalized spacial score (nSPS) is 19.6. The molecule has 2 aliphatic rings. The van der Waals surface area contributed by atoms with E-state index in [0.29, 0.717) is 34.2 Å². The number of nitrogens with one attached hydrogen (secondary N) is 1. The molecule has 1 amide bonds. The zero-order chi connectivity index (χ0) is 22.0. The van der Waals surface area contributed by atoms with Crippen LogP contribution in [0.5, 0.6) is 0 Å². The zero-order valence-corrected chi connectivity index (χ0v) is 19.8. The van der Waals surface area contributed by atoms with Crippen molar-refractivity contribution in [2.45, 2.75) is 49.7 Å². The highest BCUT2D eigenvalue weighted by Crippen LogP contribution is 2.39. The summed E-state index contributed by atoms with van der Waals surface area (Å²) in [5.41, 5.74) is 1.48. The molecule has 31 heavy (non-hydrogen) atoms. The predicted molar refractivity (Wildman–Crippen MR) is 121 cm³/mol. The van der Waals surface area contributed by atoms with Crippen LogP contribution in [0, 0.1) is 5.92 Å². The number of sulfonamides is 1. The summed E-state index contributed by atoms with van der Waals surface area (Å²) >= 11 is 2.63. The van der Waals surface area contributed by atoms with E-state index in [1.807, 2.05) is 0 Å². The van der Waals surface area contributed by atoms with Crippen LogP contribution in [0.15, 0.2) is 21.7 Å². The lowest BCUT2D eigenvalue weighted by molar-refractivity contribution is -0.120. The van der Waals surface area contributed by atoms with Crippen molar-refractivity contribution >= 4 is 49.6 Å². The van der Waals surface area contributed by atoms with E-state index >= 15 is 0 Å². The van der Waals surface area contributed by atoms with Crippen LogP contribution in [0.3, 0.4) is 0 Å². The molecule has 168 valence electrons. The van der Waals surface area contributed by atoms with Crippen molar-refractivity contribution in [1.82, 2.24) is 4.31 Å². The number of anilines is 1. The SMILES string of the molecule is CCOC(=O)c1c(NC(=O)[C@@H]2CCCN(S(=O)(=O)c3cccs3)C2)sc2c1CCCC2. The highest BCUT2D eigenvalue weighted by atomic mass is 32.2. The third-order valence-corrected chi connectivity index (χ3v) is 10.2. The summed E-state index contributed by atoms with van der Waals surface area (Å²) in [7, 11) is -3.59. The molecule has 0 aromatic carbocycles. The van der Waals surface area contributed by atoms with Crippen LogP contribution in [0.1, 0.15) is 53.4 Å². The number of esters is 1. The lowest BCUT2D eigenvalue weighted by Crippen LogP contribution is -2.43. The molecule has 4 rings (SSSR count). The van der Waals surface area contributed by atoms with E-state index in [1.165, 1.54) is 27.0 Å². The van der Waals surface area contributed by atoms with Gasteiger partial charge in [0.1, 0.15) is 9.21 Å². The van der Waals surface area contributed by atoms with Crippen LogP contribution in [0.2, 0.25) is 0 Å². The summed E-state index contributed by atoms with van der Waals surface area (Å²) in [6.45, 7) is 2.59. The standard InChI is InChI=1S/C21H26N2O5S3/c1-2-28-21(25)18-15-8-3-4-9-16(15)30-20(18)22-19(24)14-7-5-11-23(13-14)31(26,27)17-10-6-12-29-17/h6,10,12,14H,2-5,7-9,11,13H2,1H3,(H,22,24)/t14-/m1/s1. The highest BCUT2D eigenvalue weighted by Gasteiger charge is 2.35. The van der Waals surface area contributed by atoms with Gasteiger partial charge in [0, 0.05) is 18.0 Å². The summed E-state index contributed by atoms with van der Waals surface area (Å²) in [4.78, 5) is 26.8. The molecule has 7 nitrogen and oxygen atoms in total. The number of aryl methyl sites for hydroxylation is 1. The molecular formula is C21H26N2O5S3. The van der Waals surface area contributed by atoms with Gasteiger partial charge in [0.25, 0.3) is 10.0 Å². The Morgan fingerprint density at radius 1 is 1.26 bits per heavy atom. The van der Waals surface area contributed by atoms with Gasteiger partial charge in [-0.05, 0) is 62.5 Å². The number of carbonyl (C=O) groups excluding carboxylic acids is 2. The third kappa shape index (κ3) is 4.57. The van der Waals surface area contributed by atoms with Crippen molar-refractivity contribution < 1.29 is 22.7 Å². The quantitative estimate of drug-likeness (QED) is 0.631. The minimum atomic E-state index is -3.59. The van der Waals surface area contributed by atoms with Gasteiger partial charge in [0.15, 0.2) is 0 Å². The van der Waals surface area contributed by atoms with Gasteiger partial charge in [-0.1, -0.05) is 6.07 Å². The van der Waals surface area contributed by atoms with Crippen molar-refractivity contribution in [2.75, 3.05) is 25.0 Å². The van der Waals surface area contributed by atoms with Gasteiger partial charge < -0.3 is 10.1 Å².